The van der Waals surface area contributed by atoms with E-state index in [4.69, 9.17) is 11.6 Å². The first-order valence-electron chi connectivity index (χ1n) is 6.27. The van der Waals surface area contributed by atoms with E-state index in [-0.39, 0.29) is 16.6 Å². The first-order valence-corrected chi connectivity index (χ1v) is 6.65. The number of carbonyl (C=O) groups is 1. The maximum Gasteiger partial charge on any atom is 0.416 e. The van der Waals surface area contributed by atoms with Gasteiger partial charge in [0.1, 0.15) is 0 Å². The molecule has 0 saturated heterocycles. The van der Waals surface area contributed by atoms with Crippen molar-refractivity contribution >= 4 is 34.6 Å². The summed E-state index contributed by atoms with van der Waals surface area (Å²) in [6.45, 7) is 1.38. The molecule has 0 unspecified atom stereocenters. The predicted octanol–water partition coefficient (Wildman–Crippen LogP) is 5.06. The van der Waals surface area contributed by atoms with Crippen LogP contribution in [0.2, 0.25) is 5.02 Å². The SMILES string of the molecule is CC(=O)Nc1ccc(Nc2cc(C(F)(F)F)ccc2Cl)cc1. The van der Waals surface area contributed by atoms with Gasteiger partial charge in [-0.15, -0.1) is 0 Å². The van der Waals surface area contributed by atoms with E-state index < -0.39 is 11.7 Å². The lowest BCUT2D eigenvalue weighted by Crippen LogP contribution is -2.06. The van der Waals surface area contributed by atoms with E-state index in [0.29, 0.717) is 11.4 Å². The molecule has 0 atom stereocenters. The highest BCUT2D eigenvalue weighted by molar-refractivity contribution is 6.33. The zero-order chi connectivity index (χ0) is 16.3. The molecule has 0 saturated carbocycles. The number of anilines is 3. The zero-order valence-electron chi connectivity index (χ0n) is 11.5. The van der Waals surface area contributed by atoms with Gasteiger partial charge in [-0.3, -0.25) is 4.79 Å². The molecule has 0 radical (unpaired) electrons. The van der Waals surface area contributed by atoms with Crippen molar-refractivity contribution in [2.75, 3.05) is 10.6 Å². The Morgan fingerprint density at radius 2 is 1.64 bits per heavy atom. The van der Waals surface area contributed by atoms with Gasteiger partial charge in [0.2, 0.25) is 5.91 Å². The minimum atomic E-state index is -4.43. The molecule has 0 aliphatic heterocycles. The molecule has 22 heavy (non-hydrogen) atoms. The Morgan fingerprint density at radius 3 is 2.18 bits per heavy atom. The maximum absolute atomic E-state index is 12.7. The van der Waals surface area contributed by atoms with Gasteiger partial charge in [0.25, 0.3) is 0 Å². The van der Waals surface area contributed by atoms with Crippen molar-refractivity contribution in [1.82, 2.24) is 0 Å². The minimum absolute atomic E-state index is 0.156. The first-order chi connectivity index (χ1) is 10.3. The number of amides is 1. The van der Waals surface area contributed by atoms with Crippen LogP contribution >= 0.6 is 11.6 Å². The Labute approximate surface area is 130 Å². The molecule has 0 bridgehead atoms. The van der Waals surface area contributed by atoms with Crippen LogP contribution in [0.25, 0.3) is 0 Å². The van der Waals surface area contributed by atoms with Crippen molar-refractivity contribution in [3.63, 3.8) is 0 Å². The third-order valence-corrected chi connectivity index (χ3v) is 3.11. The Hall–Kier alpha value is -2.21. The van der Waals surface area contributed by atoms with Crippen molar-refractivity contribution in [2.24, 2.45) is 0 Å². The van der Waals surface area contributed by atoms with Gasteiger partial charge in [0.15, 0.2) is 0 Å². The lowest BCUT2D eigenvalue weighted by atomic mass is 10.2. The normalized spacial score (nSPS) is 11.1. The fourth-order valence-electron chi connectivity index (χ4n) is 1.79. The summed E-state index contributed by atoms with van der Waals surface area (Å²) in [7, 11) is 0. The van der Waals surface area contributed by atoms with Crippen molar-refractivity contribution in [1.29, 1.82) is 0 Å². The summed E-state index contributed by atoms with van der Waals surface area (Å²) in [6.07, 6.45) is -4.43. The molecule has 1 amide bonds. The molecular weight excluding hydrogens is 317 g/mol. The Balaban J connectivity index is 2.21. The van der Waals surface area contributed by atoms with Crippen LogP contribution in [0.1, 0.15) is 12.5 Å². The number of benzene rings is 2. The number of rotatable bonds is 3. The molecule has 2 aromatic carbocycles. The topological polar surface area (TPSA) is 41.1 Å². The summed E-state index contributed by atoms with van der Waals surface area (Å²) in [5.74, 6) is -0.207. The molecule has 0 spiro atoms. The number of carbonyl (C=O) groups excluding carboxylic acids is 1. The van der Waals surface area contributed by atoms with E-state index in [2.05, 4.69) is 10.6 Å². The van der Waals surface area contributed by atoms with E-state index in [0.717, 1.165) is 12.1 Å². The molecular formula is C15H12ClF3N2O. The second-order valence-corrected chi connectivity index (χ2v) is 4.98. The third kappa shape index (κ3) is 4.14. The molecule has 0 aromatic heterocycles. The van der Waals surface area contributed by atoms with Gasteiger partial charge < -0.3 is 10.6 Å². The van der Waals surface area contributed by atoms with Crippen LogP contribution in [0.15, 0.2) is 42.5 Å². The Bertz CT molecular complexity index is 684. The fourth-order valence-corrected chi connectivity index (χ4v) is 1.96. The summed E-state index contributed by atoms with van der Waals surface area (Å²) in [5.41, 5.74) is 0.515. The summed E-state index contributed by atoms with van der Waals surface area (Å²) in [5, 5.41) is 5.59. The third-order valence-electron chi connectivity index (χ3n) is 2.78. The standard InChI is InChI=1S/C15H12ClF3N2O/c1-9(22)20-11-3-5-12(6-4-11)21-14-8-10(15(17,18)19)2-7-13(14)16/h2-8,21H,1H3,(H,20,22). The molecule has 2 N–H and O–H groups in total. The van der Waals surface area contributed by atoms with Crippen LogP contribution in [0.5, 0.6) is 0 Å². The highest BCUT2D eigenvalue weighted by Crippen LogP contribution is 2.35. The largest absolute Gasteiger partial charge is 0.416 e. The van der Waals surface area contributed by atoms with Crippen molar-refractivity contribution < 1.29 is 18.0 Å². The van der Waals surface area contributed by atoms with Gasteiger partial charge in [-0.2, -0.15) is 13.2 Å². The fraction of sp³-hybridized carbons (Fsp3) is 0.133. The average molecular weight is 329 g/mol. The van der Waals surface area contributed by atoms with Gasteiger partial charge in [0.05, 0.1) is 16.3 Å². The Kier molecular flexibility index (Phi) is 4.61. The molecule has 2 rings (SSSR count). The second-order valence-electron chi connectivity index (χ2n) is 4.58. The molecule has 0 heterocycles. The van der Waals surface area contributed by atoms with E-state index in [9.17, 15) is 18.0 Å². The van der Waals surface area contributed by atoms with Crippen LogP contribution in [-0.4, -0.2) is 5.91 Å². The van der Waals surface area contributed by atoms with Gasteiger partial charge in [-0.1, -0.05) is 11.6 Å². The summed E-state index contributed by atoms with van der Waals surface area (Å²) < 4.78 is 38.1. The quantitative estimate of drug-likeness (QED) is 0.826. The van der Waals surface area contributed by atoms with Gasteiger partial charge >= 0.3 is 6.18 Å². The molecule has 7 heteroatoms. The number of nitrogens with one attached hydrogen (secondary N) is 2. The zero-order valence-corrected chi connectivity index (χ0v) is 12.2. The summed E-state index contributed by atoms with van der Waals surface area (Å²) in [4.78, 5) is 10.9. The minimum Gasteiger partial charge on any atom is -0.354 e. The number of alkyl halides is 3. The number of hydrogen-bond acceptors (Lipinski definition) is 2. The van der Waals surface area contributed by atoms with Crippen molar-refractivity contribution in [2.45, 2.75) is 13.1 Å². The lowest BCUT2D eigenvalue weighted by Gasteiger charge is -2.13. The maximum atomic E-state index is 12.7. The summed E-state index contributed by atoms with van der Waals surface area (Å²) >= 11 is 5.91. The monoisotopic (exact) mass is 328 g/mol. The molecule has 0 aliphatic rings. The molecule has 2 aromatic rings. The van der Waals surface area contributed by atoms with Crippen LogP contribution in [0.4, 0.5) is 30.2 Å². The van der Waals surface area contributed by atoms with Crippen LogP contribution in [0.3, 0.4) is 0 Å². The average Bonchev–Trinajstić information content (AvgIpc) is 2.41. The van der Waals surface area contributed by atoms with Gasteiger partial charge in [-0.05, 0) is 42.5 Å². The van der Waals surface area contributed by atoms with Gasteiger partial charge in [-0.25, -0.2) is 0 Å². The van der Waals surface area contributed by atoms with Crippen molar-refractivity contribution in [3.8, 4) is 0 Å². The van der Waals surface area contributed by atoms with Gasteiger partial charge in [0, 0.05) is 18.3 Å². The second kappa shape index (κ2) is 6.27. The predicted molar refractivity (Wildman–Crippen MR) is 80.5 cm³/mol. The van der Waals surface area contributed by atoms with Crippen molar-refractivity contribution in [3.05, 3.63) is 53.1 Å². The lowest BCUT2D eigenvalue weighted by molar-refractivity contribution is -0.137. The summed E-state index contributed by atoms with van der Waals surface area (Å²) in [6, 6.07) is 9.58. The Morgan fingerprint density at radius 1 is 1.05 bits per heavy atom. The molecule has 3 nitrogen and oxygen atoms in total. The highest BCUT2D eigenvalue weighted by Gasteiger charge is 2.30. The van der Waals surface area contributed by atoms with Crippen LogP contribution in [-0.2, 0) is 11.0 Å². The molecule has 0 aliphatic carbocycles. The smallest absolute Gasteiger partial charge is 0.354 e. The first kappa shape index (κ1) is 16.2. The molecule has 116 valence electrons. The van der Waals surface area contributed by atoms with E-state index in [1.54, 1.807) is 24.3 Å². The van der Waals surface area contributed by atoms with E-state index >= 15 is 0 Å². The van der Waals surface area contributed by atoms with E-state index in [1.807, 2.05) is 0 Å². The highest BCUT2D eigenvalue weighted by atomic mass is 35.5. The number of halogens is 4. The van der Waals surface area contributed by atoms with Crippen LogP contribution in [0, 0.1) is 0 Å². The number of hydrogen-bond donors (Lipinski definition) is 2. The van der Waals surface area contributed by atoms with Crippen LogP contribution < -0.4 is 10.6 Å². The molecule has 0 fully saturated rings. The van der Waals surface area contributed by atoms with E-state index in [1.165, 1.54) is 13.0 Å².